The highest BCUT2D eigenvalue weighted by Gasteiger charge is 2.49. The predicted molar refractivity (Wildman–Crippen MR) is 71.0 cm³/mol. The van der Waals surface area contributed by atoms with E-state index in [4.69, 9.17) is 4.74 Å². The number of anilines is 1. The Bertz CT molecular complexity index is 397. The van der Waals surface area contributed by atoms with Gasteiger partial charge in [-0.15, -0.1) is 0 Å². The lowest BCUT2D eigenvalue weighted by molar-refractivity contribution is -0.0976. The highest BCUT2D eigenvalue weighted by molar-refractivity contribution is 9.10. The van der Waals surface area contributed by atoms with Crippen LogP contribution in [0.2, 0.25) is 0 Å². The molecule has 1 aliphatic carbocycles. The Kier molecular flexibility index (Phi) is 3.68. The average Bonchev–Trinajstić information content (AvgIpc) is 2.28. The Morgan fingerprint density at radius 3 is 2.88 bits per heavy atom. The van der Waals surface area contributed by atoms with E-state index in [0.717, 1.165) is 23.4 Å². The molecule has 5 heteroatoms. The van der Waals surface area contributed by atoms with Gasteiger partial charge in [-0.05, 0) is 29.3 Å². The first-order valence-corrected chi connectivity index (χ1v) is 6.69. The second-order valence-electron chi connectivity index (χ2n) is 4.92. The smallest absolute Gasteiger partial charge is 0.130 e. The van der Waals surface area contributed by atoms with Gasteiger partial charge >= 0.3 is 0 Å². The van der Waals surface area contributed by atoms with E-state index in [0.29, 0.717) is 12.1 Å². The molecule has 1 aliphatic rings. The van der Waals surface area contributed by atoms with Crippen LogP contribution in [0.4, 0.5) is 5.82 Å². The Balaban J connectivity index is 1.98. The summed E-state index contributed by atoms with van der Waals surface area (Å²) < 4.78 is 6.50. The minimum Gasteiger partial charge on any atom is -0.378 e. The summed E-state index contributed by atoms with van der Waals surface area (Å²) in [4.78, 5) is 8.22. The molecular weight excluding hydrogens is 282 g/mol. The van der Waals surface area contributed by atoms with Crippen molar-refractivity contribution in [3.63, 3.8) is 0 Å². The van der Waals surface area contributed by atoms with Crippen LogP contribution in [0.25, 0.3) is 0 Å². The van der Waals surface area contributed by atoms with Crippen molar-refractivity contribution in [1.29, 1.82) is 0 Å². The van der Waals surface area contributed by atoms with Crippen molar-refractivity contribution in [3.05, 3.63) is 17.0 Å². The Hall–Kier alpha value is -0.680. The van der Waals surface area contributed by atoms with Gasteiger partial charge in [-0.3, -0.25) is 0 Å². The Morgan fingerprint density at radius 1 is 1.53 bits per heavy atom. The fraction of sp³-hybridized carbons (Fsp3) is 0.667. The third-order valence-corrected chi connectivity index (χ3v) is 3.94. The van der Waals surface area contributed by atoms with Crippen molar-refractivity contribution >= 4 is 21.7 Å². The van der Waals surface area contributed by atoms with Crippen LogP contribution in [0.3, 0.4) is 0 Å². The summed E-state index contributed by atoms with van der Waals surface area (Å²) in [6.07, 6.45) is 2.93. The molecule has 1 aromatic rings. The second-order valence-corrected chi connectivity index (χ2v) is 5.74. The molecule has 0 aromatic carbocycles. The van der Waals surface area contributed by atoms with E-state index in [9.17, 15) is 0 Å². The zero-order valence-electron chi connectivity index (χ0n) is 10.4. The maximum absolute atomic E-state index is 5.70. The van der Waals surface area contributed by atoms with Crippen molar-refractivity contribution in [3.8, 4) is 0 Å². The highest BCUT2D eigenvalue weighted by Crippen LogP contribution is 2.44. The van der Waals surface area contributed by atoms with Gasteiger partial charge in [0.05, 0.1) is 6.10 Å². The van der Waals surface area contributed by atoms with Crippen LogP contribution in [0.1, 0.15) is 27.2 Å². The standard InChI is InChI=1S/C12H18BrN3O/c1-4-17-9-5-8(12(9,2)3)16-11-6-10(13)14-7-15-11/h6-9H,4-5H2,1-3H3,(H,14,15,16). The molecule has 0 aliphatic heterocycles. The third-order valence-electron chi connectivity index (χ3n) is 3.50. The van der Waals surface area contributed by atoms with Gasteiger partial charge in [0.2, 0.25) is 0 Å². The predicted octanol–water partition coefficient (Wildman–Crippen LogP) is 2.85. The van der Waals surface area contributed by atoms with Gasteiger partial charge in [-0.2, -0.15) is 0 Å². The van der Waals surface area contributed by atoms with Gasteiger partial charge in [0, 0.05) is 24.1 Å². The number of ether oxygens (including phenoxy) is 1. The molecule has 4 nitrogen and oxygen atoms in total. The molecular formula is C12H18BrN3O. The largest absolute Gasteiger partial charge is 0.378 e. The van der Waals surface area contributed by atoms with Crippen molar-refractivity contribution in [1.82, 2.24) is 9.97 Å². The maximum atomic E-state index is 5.70. The lowest BCUT2D eigenvalue weighted by atomic mass is 9.64. The third kappa shape index (κ3) is 2.60. The molecule has 1 fully saturated rings. The number of hydrogen-bond acceptors (Lipinski definition) is 4. The molecule has 17 heavy (non-hydrogen) atoms. The van der Waals surface area contributed by atoms with Crippen LogP contribution in [-0.2, 0) is 4.74 Å². The summed E-state index contributed by atoms with van der Waals surface area (Å²) in [6.45, 7) is 7.27. The zero-order valence-corrected chi connectivity index (χ0v) is 12.0. The molecule has 1 N–H and O–H groups in total. The molecule has 1 aromatic heterocycles. The van der Waals surface area contributed by atoms with E-state index in [1.54, 1.807) is 6.33 Å². The molecule has 2 atom stereocenters. The summed E-state index contributed by atoms with van der Waals surface area (Å²) in [7, 11) is 0. The first-order chi connectivity index (χ1) is 8.04. The molecule has 0 saturated heterocycles. The number of aromatic nitrogens is 2. The lowest BCUT2D eigenvalue weighted by Gasteiger charge is -2.51. The Labute approximate surface area is 110 Å². The van der Waals surface area contributed by atoms with E-state index in [2.05, 4.69) is 45.1 Å². The van der Waals surface area contributed by atoms with Crippen LogP contribution in [-0.4, -0.2) is 28.7 Å². The molecule has 0 amide bonds. The van der Waals surface area contributed by atoms with Gasteiger partial charge in [0.1, 0.15) is 16.7 Å². The fourth-order valence-electron chi connectivity index (χ4n) is 2.21. The molecule has 2 rings (SSSR count). The summed E-state index contributed by atoms with van der Waals surface area (Å²) >= 11 is 3.34. The van der Waals surface area contributed by atoms with Crippen molar-refractivity contribution < 1.29 is 4.74 Å². The molecule has 0 radical (unpaired) electrons. The summed E-state index contributed by atoms with van der Waals surface area (Å²) in [5.41, 5.74) is 0.146. The normalized spacial score (nSPS) is 26.4. The molecule has 0 spiro atoms. The lowest BCUT2D eigenvalue weighted by Crippen LogP contribution is -2.58. The van der Waals surface area contributed by atoms with E-state index in [1.165, 1.54) is 0 Å². The van der Waals surface area contributed by atoms with Crippen molar-refractivity contribution in [2.45, 2.75) is 39.3 Å². The molecule has 1 saturated carbocycles. The topological polar surface area (TPSA) is 47.0 Å². The van der Waals surface area contributed by atoms with Crippen molar-refractivity contribution in [2.75, 3.05) is 11.9 Å². The van der Waals surface area contributed by atoms with Crippen LogP contribution in [0.5, 0.6) is 0 Å². The van der Waals surface area contributed by atoms with E-state index in [-0.39, 0.29) is 5.41 Å². The van der Waals surface area contributed by atoms with E-state index < -0.39 is 0 Å². The Morgan fingerprint density at radius 2 is 2.29 bits per heavy atom. The molecule has 2 unspecified atom stereocenters. The van der Waals surface area contributed by atoms with Gasteiger partial charge in [0.15, 0.2) is 0 Å². The highest BCUT2D eigenvalue weighted by atomic mass is 79.9. The molecule has 94 valence electrons. The van der Waals surface area contributed by atoms with Crippen LogP contribution < -0.4 is 5.32 Å². The summed E-state index contributed by atoms with van der Waals surface area (Å²) in [5, 5.41) is 3.44. The quantitative estimate of drug-likeness (QED) is 0.869. The van der Waals surface area contributed by atoms with Crippen LogP contribution in [0.15, 0.2) is 17.0 Å². The number of nitrogens with one attached hydrogen (secondary N) is 1. The summed E-state index contributed by atoms with van der Waals surface area (Å²) in [5.74, 6) is 0.861. The van der Waals surface area contributed by atoms with Crippen LogP contribution >= 0.6 is 15.9 Å². The monoisotopic (exact) mass is 299 g/mol. The van der Waals surface area contributed by atoms with Crippen molar-refractivity contribution in [2.24, 2.45) is 5.41 Å². The SMILES string of the molecule is CCOC1CC(Nc2cc(Br)ncn2)C1(C)C. The van der Waals surface area contributed by atoms with Gasteiger partial charge in [0.25, 0.3) is 0 Å². The van der Waals surface area contributed by atoms with Crippen LogP contribution in [0, 0.1) is 5.41 Å². The number of hydrogen-bond donors (Lipinski definition) is 1. The first-order valence-electron chi connectivity index (χ1n) is 5.89. The minimum atomic E-state index is 0.146. The zero-order chi connectivity index (χ0) is 12.5. The fourth-order valence-corrected chi connectivity index (χ4v) is 2.51. The number of nitrogens with zero attached hydrogens (tertiary/aromatic N) is 2. The molecule has 1 heterocycles. The minimum absolute atomic E-state index is 0.146. The first kappa shape index (κ1) is 12.8. The average molecular weight is 300 g/mol. The van der Waals surface area contributed by atoms with Gasteiger partial charge in [-0.25, -0.2) is 9.97 Å². The summed E-state index contributed by atoms with van der Waals surface area (Å²) in [6, 6.07) is 2.30. The molecule has 0 bridgehead atoms. The number of rotatable bonds is 4. The second kappa shape index (κ2) is 4.90. The number of halogens is 1. The van der Waals surface area contributed by atoms with Gasteiger partial charge in [-0.1, -0.05) is 13.8 Å². The van der Waals surface area contributed by atoms with E-state index in [1.807, 2.05) is 13.0 Å². The van der Waals surface area contributed by atoms with Gasteiger partial charge < -0.3 is 10.1 Å². The maximum Gasteiger partial charge on any atom is 0.130 e. The van der Waals surface area contributed by atoms with E-state index >= 15 is 0 Å².